The van der Waals surface area contributed by atoms with E-state index < -0.39 is 11.7 Å². The van der Waals surface area contributed by atoms with E-state index in [0.29, 0.717) is 49.4 Å². The van der Waals surface area contributed by atoms with Crippen molar-refractivity contribution in [2.75, 3.05) is 13.7 Å². The molecule has 3 aliphatic rings. The van der Waals surface area contributed by atoms with Crippen LogP contribution in [0.15, 0.2) is 0 Å². The molecule has 2 N–H and O–H groups in total. The van der Waals surface area contributed by atoms with E-state index >= 15 is 0 Å². The highest BCUT2D eigenvalue weighted by Crippen LogP contribution is 2.67. The summed E-state index contributed by atoms with van der Waals surface area (Å²) in [6, 6.07) is 0. The first kappa shape index (κ1) is 29.4. The highest BCUT2D eigenvalue weighted by Gasteiger charge is 2.62. The number of methoxy groups -OCH3 is 1. The zero-order chi connectivity index (χ0) is 26.9. The number of aliphatic hydroxyl groups is 2. The molecule has 0 aromatic rings. The molecule has 0 bridgehead atoms. The standard InChI is InChI=1S/C30H52O6/c1-19(9-8-10-26(34)36-28(2,3)4)21-11-12-22-27-23(13-15-30(21,22)6)29(5,16-14-25(33)35-7)20(18-31)17-24(27)32/h19-24,27,31-32H,8-18H2,1-7H3/t19-,20-,21-,22+,23+,24+,27+,29+,30-/m1/s1. The largest absolute Gasteiger partial charge is 0.469 e. The minimum absolute atomic E-state index is 0.00624. The number of carbonyl (C=O) groups is 2. The van der Waals surface area contributed by atoms with Crippen LogP contribution in [0.25, 0.3) is 0 Å². The van der Waals surface area contributed by atoms with Gasteiger partial charge in [-0.2, -0.15) is 0 Å². The Morgan fingerprint density at radius 3 is 2.36 bits per heavy atom. The predicted molar refractivity (Wildman–Crippen MR) is 140 cm³/mol. The molecule has 208 valence electrons. The molecule has 0 unspecified atom stereocenters. The lowest BCUT2D eigenvalue weighted by molar-refractivity contribution is -0.167. The number of aliphatic hydroxyl groups excluding tert-OH is 2. The summed E-state index contributed by atoms with van der Waals surface area (Å²) in [7, 11) is 1.43. The average Bonchev–Trinajstić information content (AvgIpc) is 3.15. The molecule has 6 nitrogen and oxygen atoms in total. The van der Waals surface area contributed by atoms with Crippen LogP contribution in [0.4, 0.5) is 0 Å². The zero-order valence-electron chi connectivity index (χ0n) is 23.8. The minimum atomic E-state index is -0.436. The molecule has 0 aromatic heterocycles. The molecule has 36 heavy (non-hydrogen) atoms. The van der Waals surface area contributed by atoms with Crippen molar-refractivity contribution in [1.29, 1.82) is 0 Å². The van der Waals surface area contributed by atoms with Gasteiger partial charge in [0.15, 0.2) is 0 Å². The SMILES string of the molecule is COC(=O)CC[C@@]1(C)[C@@H](CO)C[C@H](O)[C@@H]2[C@@H]1CC[C@]1(C)[C@@H]([C@H](C)CCCC(=O)OC(C)(C)C)CC[C@@H]21. The number of carbonyl (C=O) groups excluding carboxylic acids is 2. The van der Waals surface area contributed by atoms with Crippen molar-refractivity contribution < 1.29 is 29.3 Å². The Hall–Kier alpha value is -1.14. The van der Waals surface area contributed by atoms with Gasteiger partial charge in [-0.05, 0) is 118 Å². The van der Waals surface area contributed by atoms with Crippen molar-refractivity contribution in [1.82, 2.24) is 0 Å². The van der Waals surface area contributed by atoms with Crippen LogP contribution < -0.4 is 0 Å². The van der Waals surface area contributed by atoms with Gasteiger partial charge in [-0.1, -0.05) is 20.8 Å². The normalized spacial score (nSPS) is 39.1. The van der Waals surface area contributed by atoms with Gasteiger partial charge in [-0.25, -0.2) is 0 Å². The maximum atomic E-state index is 12.2. The molecule has 0 aromatic carbocycles. The molecule has 3 rings (SSSR count). The average molecular weight is 509 g/mol. The van der Waals surface area contributed by atoms with Crippen LogP contribution in [0.1, 0.15) is 106 Å². The van der Waals surface area contributed by atoms with E-state index in [4.69, 9.17) is 9.47 Å². The number of ether oxygens (including phenoxy) is 2. The lowest BCUT2D eigenvalue weighted by Gasteiger charge is -2.60. The van der Waals surface area contributed by atoms with Crippen LogP contribution in [-0.2, 0) is 19.1 Å². The Morgan fingerprint density at radius 1 is 1.06 bits per heavy atom. The van der Waals surface area contributed by atoms with E-state index in [9.17, 15) is 19.8 Å². The minimum Gasteiger partial charge on any atom is -0.469 e. The van der Waals surface area contributed by atoms with E-state index in [1.54, 1.807) is 0 Å². The quantitative estimate of drug-likeness (QED) is 0.398. The fourth-order valence-electron chi connectivity index (χ4n) is 8.80. The van der Waals surface area contributed by atoms with Crippen molar-refractivity contribution >= 4 is 11.9 Å². The van der Waals surface area contributed by atoms with E-state index in [1.807, 2.05) is 20.8 Å². The van der Waals surface area contributed by atoms with Crippen molar-refractivity contribution in [2.24, 2.45) is 46.3 Å². The van der Waals surface area contributed by atoms with Crippen molar-refractivity contribution in [2.45, 2.75) is 117 Å². The van der Waals surface area contributed by atoms with Crippen LogP contribution in [0.3, 0.4) is 0 Å². The van der Waals surface area contributed by atoms with Gasteiger partial charge in [-0.15, -0.1) is 0 Å². The fourth-order valence-corrected chi connectivity index (χ4v) is 8.80. The third-order valence-corrected chi connectivity index (χ3v) is 10.6. The maximum Gasteiger partial charge on any atom is 0.306 e. The maximum absolute atomic E-state index is 12.2. The van der Waals surface area contributed by atoms with Crippen molar-refractivity contribution in [3.05, 3.63) is 0 Å². The van der Waals surface area contributed by atoms with Crippen LogP contribution in [0, 0.1) is 46.3 Å². The predicted octanol–water partition coefficient (Wildman–Crippen LogP) is 5.53. The molecule has 3 fully saturated rings. The van der Waals surface area contributed by atoms with Gasteiger partial charge in [0.25, 0.3) is 0 Å². The Morgan fingerprint density at radius 2 is 1.75 bits per heavy atom. The summed E-state index contributed by atoms with van der Waals surface area (Å²) in [6.45, 7) is 12.8. The van der Waals surface area contributed by atoms with Gasteiger partial charge in [0.2, 0.25) is 0 Å². The summed E-state index contributed by atoms with van der Waals surface area (Å²) in [5.41, 5.74) is -0.428. The highest BCUT2D eigenvalue weighted by molar-refractivity contribution is 5.69. The van der Waals surface area contributed by atoms with Crippen molar-refractivity contribution in [3.63, 3.8) is 0 Å². The second-order valence-corrected chi connectivity index (χ2v) is 13.7. The lowest BCUT2D eigenvalue weighted by Crippen LogP contribution is -2.57. The van der Waals surface area contributed by atoms with Crippen LogP contribution in [-0.4, -0.2) is 47.6 Å². The van der Waals surface area contributed by atoms with Crippen LogP contribution >= 0.6 is 0 Å². The smallest absolute Gasteiger partial charge is 0.306 e. The Kier molecular flexibility index (Phi) is 9.24. The summed E-state index contributed by atoms with van der Waals surface area (Å²) in [4.78, 5) is 24.2. The van der Waals surface area contributed by atoms with E-state index in [2.05, 4.69) is 20.8 Å². The summed E-state index contributed by atoms with van der Waals surface area (Å²) >= 11 is 0. The molecule has 0 amide bonds. The van der Waals surface area contributed by atoms with Gasteiger partial charge in [0, 0.05) is 19.4 Å². The fraction of sp³-hybridized carbons (Fsp3) is 0.933. The monoisotopic (exact) mass is 508 g/mol. The van der Waals surface area contributed by atoms with Gasteiger partial charge >= 0.3 is 11.9 Å². The number of rotatable bonds is 9. The molecule has 0 radical (unpaired) electrons. The number of hydrogen-bond donors (Lipinski definition) is 2. The summed E-state index contributed by atoms with van der Waals surface area (Å²) < 4.78 is 10.4. The third-order valence-electron chi connectivity index (χ3n) is 10.6. The van der Waals surface area contributed by atoms with Crippen molar-refractivity contribution in [3.8, 4) is 0 Å². The van der Waals surface area contributed by atoms with Gasteiger partial charge in [0.1, 0.15) is 5.60 Å². The highest BCUT2D eigenvalue weighted by atomic mass is 16.6. The lowest BCUT2D eigenvalue weighted by atomic mass is 9.45. The first-order valence-electron chi connectivity index (χ1n) is 14.3. The van der Waals surface area contributed by atoms with Gasteiger partial charge in [-0.3, -0.25) is 9.59 Å². The Labute approximate surface area is 218 Å². The molecule has 3 saturated carbocycles. The number of esters is 2. The molecule has 0 saturated heterocycles. The summed E-state index contributed by atoms with van der Waals surface area (Å²) in [5.74, 6) is 1.80. The zero-order valence-corrected chi connectivity index (χ0v) is 23.8. The van der Waals surface area contributed by atoms with Gasteiger partial charge < -0.3 is 19.7 Å². The van der Waals surface area contributed by atoms with E-state index in [1.165, 1.54) is 13.5 Å². The Balaban J connectivity index is 1.70. The molecule has 0 heterocycles. The summed E-state index contributed by atoms with van der Waals surface area (Å²) in [6.07, 6.45) is 8.08. The third kappa shape index (κ3) is 5.95. The molecule has 6 heteroatoms. The topological polar surface area (TPSA) is 93.1 Å². The molecular formula is C30H52O6. The second-order valence-electron chi connectivity index (χ2n) is 13.7. The molecule has 0 aliphatic heterocycles. The molecule has 3 aliphatic carbocycles. The molecule has 0 spiro atoms. The summed E-state index contributed by atoms with van der Waals surface area (Å²) in [5, 5.41) is 21.6. The second kappa shape index (κ2) is 11.3. The van der Waals surface area contributed by atoms with Gasteiger partial charge in [0.05, 0.1) is 13.2 Å². The van der Waals surface area contributed by atoms with Crippen LogP contribution in [0.5, 0.6) is 0 Å². The van der Waals surface area contributed by atoms with Crippen LogP contribution in [0.2, 0.25) is 0 Å². The Bertz CT molecular complexity index is 774. The molecule has 9 atom stereocenters. The number of fused-ring (bicyclic) bond motifs is 3. The first-order chi connectivity index (χ1) is 16.8. The van der Waals surface area contributed by atoms with E-state index in [-0.39, 0.29) is 41.2 Å². The first-order valence-corrected chi connectivity index (χ1v) is 14.3. The van der Waals surface area contributed by atoms with E-state index in [0.717, 1.165) is 32.1 Å². The molecular weight excluding hydrogens is 456 g/mol. The number of hydrogen-bond acceptors (Lipinski definition) is 6.